The maximum Gasteiger partial charge on any atom is 0.185 e. The zero-order chi connectivity index (χ0) is 43.7. The molecule has 0 saturated heterocycles. The van der Waals surface area contributed by atoms with Crippen LogP contribution in [0, 0.1) is 0 Å². The van der Waals surface area contributed by atoms with E-state index in [1.807, 2.05) is 130 Å². The number of anilines is 2. The molecule has 8 heteroatoms. The van der Waals surface area contributed by atoms with Gasteiger partial charge in [0, 0.05) is 58.7 Å². The molecule has 4 aromatic rings. The van der Waals surface area contributed by atoms with Gasteiger partial charge in [0.25, 0.3) is 0 Å². The Morgan fingerprint density at radius 2 is 1.25 bits per heavy atom. The predicted molar refractivity (Wildman–Crippen MR) is 247 cm³/mol. The van der Waals surface area contributed by atoms with Gasteiger partial charge in [-0.15, -0.1) is 6.58 Å². The summed E-state index contributed by atoms with van der Waals surface area (Å²) in [5.74, 6) is 1.07. The average Bonchev–Trinajstić information content (AvgIpc) is 3.22. The van der Waals surface area contributed by atoms with Crippen LogP contribution in [0.25, 0.3) is 12.2 Å². The van der Waals surface area contributed by atoms with Gasteiger partial charge in [-0.3, -0.25) is 9.59 Å². The number of carbonyl (C=O) groups is 2. The maximum atomic E-state index is 12.7. The number of hydrogen-bond donors (Lipinski definition) is 4. The molecule has 0 spiro atoms. The first-order valence-corrected chi connectivity index (χ1v) is 20.1. The number of aromatic hydroxyl groups is 2. The molecule has 0 heterocycles. The van der Waals surface area contributed by atoms with Gasteiger partial charge in [0.1, 0.15) is 23.0 Å². The molecule has 4 N–H and O–H groups in total. The van der Waals surface area contributed by atoms with Gasteiger partial charge in [-0.05, 0) is 109 Å². The predicted octanol–water partition coefficient (Wildman–Crippen LogP) is 11.9. The fourth-order valence-corrected chi connectivity index (χ4v) is 6.19. The van der Waals surface area contributed by atoms with E-state index in [9.17, 15) is 19.8 Å². The van der Waals surface area contributed by atoms with Crippen LogP contribution in [0.2, 0.25) is 0 Å². The SMILES string of the molecule is C/C=C/Cc1c(O)c(/C=C/C(=O)c2ccccc2)c(OC(C)C)c(C/C=C/C)c1NC.C=CC(C)(C)c1ccc(OC(C)C)c(/C=C/C(=O)c2ccc(NC)cc2)c1O. The number of hydrogen-bond acceptors (Lipinski definition) is 8. The van der Waals surface area contributed by atoms with Gasteiger partial charge in [0.15, 0.2) is 11.6 Å². The quantitative estimate of drug-likeness (QED) is 0.0447. The second-order valence-electron chi connectivity index (χ2n) is 14.9. The second kappa shape index (κ2) is 22.6. The monoisotopic (exact) mass is 798 g/mol. The summed E-state index contributed by atoms with van der Waals surface area (Å²) in [6.07, 6.45) is 17.1. The first-order valence-electron chi connectivity index (χ1n) is 20.1. The van der Waals surface area contributed by atoms with Gasteiger partial charge >= 0.3 is 0 Å². The third kappa shape index (κ3) is 12.9. The van der Waals surface area contributed by atoms with E-state index in [0.717, 1.165) is 28.1 Å². The van der Waals surface area contributed by atoms with Crippen LogP contribution in [-0.2, 0) is 18.3 Å². The number of phenols is 2. The number of nitrogens with one attached hydrogen (secondary N) is 2. The van der Waals surface area contributed by atoms with Crippen molar-refractivity contribution in [1.82, 2.24) is 0 Å². The third-order valence-corrected chi connectivity index (χ3v) is 9.45. The topological polar surface area (TPSA) is 117 Å². The zero-order valence-electron chi connectivity index (χ0n) is 36.4. The molecule has 0 atom stereocenters. The van der Waals surface area contributed by atoms with Crippen molar-refractivity contribution >= 4 is 35.1 Å². The van der Waals surface area contributed by atoms with Crippen LogP contribution in [0.3, 0.4) is 0 Å². The van der Waals surface area contributed by atoms with Crippen LogP contribution >= 0.6 is 0 Å². The molecule has 312 valence electrons. The molecule has 0 saturated carbocycles. The molecule has 4 rings (SSSR count). The van der Waals surface area contributed by atoms with Crippen molar-refractivity contribution in [3.05, 3.63) is 155 Å². The Balaban J connectivity index is 0.000000317. The molecular formula is C51H62N2O6. The van der Waals surface area contributed by atoms with Gasteiger partial charge in [-0.2, -0.15) is 0 Å². The number of benzene rings is 4. The molecule has 0 amide bonds. The highest BCUT2D eigenvalue weighted by Crippen LogP contribution is 2.44. The highest BCUT2D eigenvalue weighted by molar-refractivity contribution is 6.08. The number of ether oxygens (including phenoxy) is 2. The molecule has 8 nitrogen and oxygen atoms in total. The van der Waals surface area contributed by atoms with Crippen molar-refractivity contribution in [3.8, 4) is 23.0 Å². The summed E-state index contributed by atoms with van der Waals surface area (Å²) in [6.45, 7) is 19.5. The van der Waals surface area contributed by atoms with E-state index in [1.54, 1.807) is 42.5 Å². The van der Waals surface area contributed by atoms with Crippen molar-refractivity contribution in [2.45, 2.75) is 85.9 Å². The molecule has 0 aromatic heterocycles. The Kier molecular flexibility index (Phi) is 18.0. The molecular weight excluding hydrogens is 737 g/mol. The summed E-state index contributed by atoms with van der Waals surface area (Å²) < 4.78 is 12.0. The highest BCUT2D eigenvalue weighted by Gasteiger charge is 2.25. The van der Waals surface area contributed by atoms with Gasteiger partial charge in [0.2, 0.25) is 0 Å². The second-order valence-corrected chi connectivity index (χ2v) is 14.9. The standard InChI is InChI=1S/C27H33NO3.C24H29NO3/c1-6-8-15-21-25(28-5)22(16-9-7-2)27(31-19(3)4)23(26(21)30)17-18-24(29)20-13-11-10-12-14-20;1-7-24(4,5)20-13-15-22(28-16(2)3)19(23(20)27)12-14-21(26)17-8-10-18(25-6)11-9-17/h6-14,17-19,28,30H,15-16H2,1-5H3;7-16,25,27H,1H2,2-6H3/b8-6+,9-7+,18-17+;14-12+. The number of rotatable bonds is 18. The number of phenolic OH excluding ortho intramolecular Hbond substituents is 2. The van der Waals surface area contributed by atoms with Crippen LogP contribution in [0.1, 0.15) is 104 Å². The van der Waals surface area contributed by atoms with Crippen LogP contribution in [0.15, 0.2) is 116 Å². The minimum Gasteiger partial charge on any atom is -0.507 e. The van der Waals surface area contributed by atoms with Crippen molar-refractivity contribution in [1.29, 1.82) is 0 Å². The van der Waals surface area contributed by atoms with E-state index in [4.69, 9.17) is 9.47 Å². The van der Waals surface area contributed by atoms with Crippen molar-refractivity contribution in [2.24, 2.45) is 0 Å². The molecule has 0 aliphatic rings. The largest absolute Gasteiger partial charge is 0.507 e. The smallest absolute Gasteiger partial charge is 0.185 e. The van der Waals surface area contributed by atoms with E-state index < -0.39 is 5.41 Å². The first-order chi connectivity index (χ1) is 28.1. The number of carbonyl (C=O) groups excluding carboxylic acids is 2. The van der Waals surface area contributed by atoms with Gasteiger partial charge in [-0.25, -0.2) is 0 Å². The highest BCUT2D eigenvalue weighted by atomic mass is 16.5. The van der Waals surface area contributed by atoms with Crippen LogP contribution < -0.4 is 20.1 Å². The summed E-state index contributed by atoms with van der Waals surface area (Å²) in [5, 5.41) is 28.4. The van der Waals surface area contributed by atoms with Crippen molar-refractivity contribution in [2.75, 3.05) is 24.7 Å². The summed E-state index contributed by atoms with van der Waals surface area (Å²) >= 11 is 0. The molecule has 0 radical (unpaired) electrons. The minimum atomic E-state index is -0.421. The van der Waals surface area contributed by atoms with E-state index in [2.05, 4.69) is 23.3 Å². The maximum absolute atomic E-state index is 12.7. The molecule has 0 bridgehead atoms. The molecule has 0 aliphatic heterocycles. The fourth-order valence-electron chi connectivity index (χ4n) is 6.19. The minimum absolute atomic E-state index is 0.0606. The average molecular weight is 799 g/mol. The van der Waals surface area contributed by atoms with Crippen molar-refractivity contribution in [3.63, 3.8) is 0 Å². The van der Waals surface area contributed by atoms with E-state index in [1.165, 1.54) is 12.2 Å². The van der Waals surface area contributed by atoms with Crippen molar-refractivity contribution < 1.29 is 29.3 Å². The van der Waals surface area contributed by atoms with E-state index in [0.29, 0.717) is 46.6 Å². The molecule has 59 heavy (non-hydrogen) atoms. The Bertz CT molecular complexity index is 2160. The molecule has 0 fully saturated rings. The van der Waals surface area contributed by atoms with Gasteiger partial charge < -0.3 is 30.3 Å². The van der Waals surface area contributed by atoms with Gasteiger partial charge in [-0.1, -0.05) is 80.6 Å². The molecule has 0 aliphatic carbocycles. The Hall–Kier alpha value is -6.28. The van der Waals surface area contributed by atoms with E-state index in [-0.39, 0.29) is 35.3 Å². The van der Waals surface area contributed by atoms with E-state index >= 15 is 0 Å². The molecule has 4 aromatic carbocycles. The fraction of sp³-hybridized carbons (Fsp3) is 0.294. The summed E-state index contributed by atoms with van der Waals surface area (Å²) in [7, 11) is 3.67. The summed E-state index contributed by atoms with van der Waals surface area (Å²) in [6, 6.07) is 20.0. The lowest BCUT2D eigenvalue weighted by Gasteiger charge is -2.24. The normalized spacial score (nSPS) is 11.7. The van der Waals surface area contributed by atoms with Crippen LogP contribution in [0.5, 0.6) is 23.0 Å². The lowest BCUT2D eigenvalue weighted by molar-refractivity contribution is 0.103. The lowest BCUT2D eigenvalue weighted by atomic mass is 9.83. The zero-order valence-corrected chi connectivity index (χ0v) is 36.4. The molecule has 0 unspecified atom stereocenters. The lowest BCUT2D eigenvalue weighted by Crippen LogP contribution is -2.14. The Morgan fingerprint density at radius 1 is 0.712 bits per heavy atom. The van der Waals surface area contributed by atoms with Crippen LogP contribution in [0.4, 0.5) is 11.4 Å². The van der Waals surface area contributed by atoms with Gasteiger partial charge in [0.05, 0.1) is 23.3 Å². The Morgan fingerprint density at radius 3 is 1.76 bits per heavy atom. The summed E-state index contributed by atoms with van der Waals surface area (Å²) in [4.78, 5) is 25.2. The Labute approximate surface area is 351 Å². The summed E-state index contributed by atoms with van der Waals surface area (Å²) in [5.41, 5.74) is 6.02. The number of allylic oxidation sites excluding steroid dienone is 7. The number of ketones is 2. The van der Waals surface area contributed by atoms with Crippen LogP contribution in [-0.4, -0.2) is 48.1 Å². The first kappa shape index (κ1) is 47.1. The third-order valence-electron chi connectivity index (χ3n) is 9.45.